The largest absolute Gasteiger partial charge is 0.435 e. The van der Waals surface area contributed by atoms with Crippen molar-refractivity contribution >= 4 is 16.6 Å². The fourth-order valence-electron chi connectivity index (χ4n) is 2.34. The molecular formula is C16H11F2N3O. The summed E-state index contributed by atoms with van der Waals surface area (Å²) in [6, 6.07) is 13.6. The van der Waals surface area contributed by atoms with Crippen molar-refractivity contribution < 1.29 is 13.5 Å². The number of ether oxygens (including phenoxy) is 1. The SMILES string of the molecule is N#Cc1c(-c2ccc(N)cc2)[nH]c2cc(OC(F)F)ccc12. The second-order valence-electron chi connectivity index (χ2n) is 4.69. The maximum Gasteiger partial charge on any atom is 0.387 e. The molecule has 22 heavy (non-hydrogen) atoms. The van der Waals surface area contributed by atoms with E-state index < -0.39 is 6.61 Å². The van der Waals surface area contributed by atoms with Crippen LogP contribution >= 0.6 is 0 Å². The van der Waals surface area contributed by atoms with Gasteiger partial charge in [0.1, 0.15) is 11.8 Å². The standard InChI is InChI=1S/C16H11F2N3O/c17-16(18)22-11-5-6-12-13(8-19)15(21-14(12)7-11)9-1-3-10(20)4-2-9/h1-7,16,21H,20H2. The summed E-state index contributed by atoms with van der Waals surface area (Å²) in [5.74, 6) is 0.0390. The van der Waals surface area contributed by atoms with Crippen LogP contribution in [-0.4, -0.2) is 11.6 Å². The first-order chi connectivity index (χ1) is 10.6. The molecule has 1 aromatic heterocycles. The lowest BCUT2D eigenvalue weighted by Crippen LogP contribution is -2.01. The van der Waals surface area contributed by atoms with E-state index in [2.05, 4.69) is 15.8 Å². The number of rotatable bonds is 3. The molecule has 0 saturated heterocycles. The van der Waals surface area contributed by atoms with Gasteiger partial charge in [0.15, 0.2) is 0 Å². The Morgan fingerprint density at radius 1 is 1.14 bits per heavy atom. The highest BCUT2D eigenvalue weighted by molar-refractivity contribution is 5.94. The van der Waals surface area contributed by atoms with Gasteiger partial charge in [-0.15, -0.1) is 0 Å². The van der Waals surface area contributed by atoms with E-state index in [0.717, 1.165) is 5.56 Å². The van der Waals surface area contributed by atoms with Crippen LogP contribution in [0.3, 0.4) is 0 Å². The number of nitrogens with one attached hydrogen (secondary N) is 1. The molecule has 0 amide bonds. The summed E-state index contributed by atoms with van der Waals surface area (Å²) in [5.41, 5.74) is 8.68. The topological polar surface area (TPSA) is 74.8 Å². The summed E-state index contributed by atoms with van der Waals surface area (Å²) in [6.07, 6.45) is 0. The van der Waals surface area contributed by atoms with Crippen molar-refractivity contribution in [1.82, 2.24) is 4.98 Å². The van der Waals surface area contributed by atoms with Crippen LogP contribution in [0.1, 0.15) is 5.56 Å². The van der Waals surface area contributed by atoms with Gasteiger partial charge in [-0.25, -0.2) is 0 Å². The van der Waals surface area contributed by atoms with E-state index in [1.165, 1.54) is 12.1 Å². The van der Waals surface area contributed by atoms with Crippen molar-refractivity contribution in [2.75, 3.05) is 5.73 Å². The van der Waals surface area contributed by atoms with Crippen LogP contribution in [0, 0.1) is 11.3 Å². The molecule has 110 valence electrons. The molecule has 0 aliphatic heterocycles. The minimum Gasteiger partial charge on any atom is -0.435 e. The number of nitrogens with zero attached hydrogens (tertiary/aromatic N) is 1. The Balaban J connectivity index is 2.14. The molecule has 0 aliphatic rings. The normalized spacial score (nSPS) is 10.8. The van der Waals surface area contributed by atoms with E-state index in [0.29, 0.717) is 27.8 Å². The molecule has 0 spiro atoms. The van der Waals surface area contributed by atoms with E-state index in [4.69, 9.17) is 5.73 Å². The van der Waals surface area contributed by atoms with E-state index in [-0.39, 0.29) is 5.75 Å². The molecule has 0 unspecified atom stereocenters. The van der Waals surface area contributed by atoms with Gasteiger partial charge in [-0.3, -0.25) is 0 Å². The number of aromatic nitrogens is 1. The third-order valence-corrected chi connectivity index (χ3v) is 3.31. The monoisotopic (exact) mass is 299 g/mol. The first-order valence-corrected chi connectivity index (χ1v) is 6.45. The molecule has 0 aliphatic carbocycles. The second kappa shape index (κ2) is 5.37. The van der Waals surface area contributed by atoms with Gasteiger partial charge in [-0.2, -0.15) is 14.0 Å². The molecule has 0 radical (unpaired) electrons. The molecular weight excluding hydrogens is 288 g/mol. The molecule has 0 atom stereocenters. The predicted octanol–water partition coefficient (Wildman–Crippen LogP) is 3.89. The Bertz CT molecular complexity index is 863. The van der Waals surface area contributed by atoms with Crippen molar-refractivity contribution in [3.05, 3.63) is 48.0 Å². The zero-order valence-electron chi connectivity index (χ0n) is 11.3. The summed E-state index contributed by atoms with van der Waals surface area (Å²) in [7, 11) is 0. The number of anilines is 1. The van der Waals surface area contributed by atoms with E-state index in [1.54, 1.807) is 30.3 Å². The third kappa shape index (κ3) is 2.44. The van der Waals surface area contributed by atoms with Gasteiger partial charge >= 0.3 is 6.61 Å². The average molecular weight is 299 g/mol. The Hall–Kier alpha value is -3.07. The Morgan fingerprint density at radius 2 is 1.86 bits per heavy atom. The summed E-state index contributed by atoms with van der Waals surface area (Å²) in [5, 5.41) is 10.0. The molecule has 3 N–H and O–H groups in total. The zero-order chi connectivity index (χ0) is 15.7. The summed E-state index contributed by atoms with van der Waals surface area (Å²) < 4.78 is 28.9. The highest BCUT2D eigenvalue weighted by atomic mass is 19.3. The first kappa shape index (κ1) is 13.9. The summed E-state index contributed by atoms with van der Waals surface area (Å²) >= 11 is 0. The van der Waals surface area contributed by atoms with Gasteiger partial charge < -0.3 is 15.5 Å². The van der Waals surface area contributed by atoms with Crippen LogP contribution in [0.2, 0.25) is 0 Å². The van der Waals surface area contributed by atoms with E-state index in [1.807, 2.05) is 0 Å². The molecule has 1 heterocycles. The lowest BCUT2D eigenvalue weighted by Gasteiger charge is -2.03. The fraction of sp³-hybridized carbons (Fsp3) is 0.0625. The quantitative estimate of drug-likeness (QED) is 0.720. The summed E-state index contributed by atoms with van der Waals surface area (Å²) in [4.78, 5) is 3.08. The van der Waals surface area contributed by atoms with Gasteiger partial charge in [-0.1, -0.05) is 12.1 Å². The van der Waals surface area contributed by atoms with E-state index in [9.17, 15) is 14.0 Å². The average Bonchev–Trinajstić information content (AvgIpc) is 2.85. The third-order valence-electron chi connectivity index (χ3n) is 3.31. The molecule has 4 nitrogen and oxygen atoms in total. The van der Waals surface area contributed by atoms with Crippen molar-refractivity contribution in [1.29, 1.82) is 5.26 Å². The highest BCUT2D eigenvalue weighted by Gasteiger charge is 2.14. The van der Waals surface area contributed by atoms with Crippen LogP contribution in [-0.2, 0) is 0 Å². The number of nitrogen functional groups attached to an aromatic ring is 1. The maximum atomic E-state index is 12.3. The molecule has 6 heteroatoms. The number of H-pyrrole nitrogens is 1. The minimum absolute atomic E-state index is 0.0390. The van der Waals surface area contributed by atoms with Gasteiger partial charge in [0.2, 0.25) is 0 Å². The molecule has 0 bridgehead atoms. The van der Waals surface area contributed by atoms with Gasteiger partial charge in [0.05, 0.1) is 16.8 Å². The summed E-state index contributed by atoms with van der Waals surface area (Å²) in [6.45, 7) is -2.89. The number of alkyl halides is 2. The number of fused-ring (bicyclic) bond motifs is 1. The van der Waals surface area contributed by atoms with Crippen LogP contribution in [0.15, 0.2) is 42.5 Å². The molecule has 0 fully saturated rings. The molecule has 2 aromatic carbocycles. The number of hydrogen-bond donors (Lipinski definition) is 2. The van der Waals surface area contributed by atoms with Crippen LogP contribution in [0.25, 0.3) is 22.2 Å². The van der Waals surface area contributed by atoms with Crippen LogP contribution in [0.5, 0.6) is 5.75 Å². The number of benzene rings is 2. The van der Waals surface area contributed by atoms with Gasteiger partial charge in [0, 0.05) is 17.1 Å². The van der Waals surface area contributed by atoms with Crippen molar-refractivity contribution in [2.45, 2.75) is 6.61 Å². The molecule has 3 aromatic rings. The van der Waals surface area contributed by atoms with Crippen molar-refractivity contribution in [3.63, 3.8) is 0 Å². The fourth-order valence-corrected chi connectivity index (χ4v) is 2.34. The van der Waals surface area contributed by atoms with Gasteiger partial charge in [-0.05, 0) is 29.8 Å². The van der Waals surface area contributed by atoms with E-state index >= 15 is 0 Å². The van der Waals surface area contributed by atoms with Crippen molar-refractivity contribution in [2.24, 2.45) is 0 Å². The number of nitrogens with two attached hydrogens (primary N) is 1. The number of nitriles is 1. The Morgan fingerprint density at radius 3 is 2.50 bits per heavy atom. The predicted molar refractivity (Wildman–Crippen MR) is 79.5 cm³/mol. The Labute approximate surface area is 124 Å². The van der Waals surface area contributed by atoms with Crippen LogP contribution < -0.4 is 10.5 Å². The second-order valence-corrected chi connectivity index (χ2v) is 4.69. The molecule has 0 saturated carbocycles. The lowest BCUT2D eigenvalue weighted by molar-refractivity contribution is -0.0497. The Kier molecular flexibility index (Phi) is 3.39. The number of halogens is 2. The smallest absolute Gasteiger partial charge is 0.387 e. The first-order valence-electron chi connectivity index (χ1n) is 6.45. The molecule has 3 rings (SSSR count). The zero-order valence-corrected chi connectivity index (χ0v) is 11.3. The number of hydrogen-bond acceptors (Lipinski definition) is 3. The minimum atomic E-state index is -2.89. The maximum absolute atomic E-state index is 12.3. The number of aromatic amines is 1. The lowest BCUT2D eigenvalue weighted by atomic mass is 10.1. The highest BCUT2D eigenvalue weighted by Crippen LogP contribution is 2.32. The van der Waals surface area contributed by atoms with Crippen LogP contribution in [0.4, 0.5) is 14.5 Å². The van der Waals surface area contributed by atoms with Gasteiger partial charge in [0.25, 0.3) is 0 Å². The van der Waals surface area contributed by atoms with Crippen molar-refractivity contribution in [3.8, 4) is 23.1 Å².